The number of aromatic nitrogens is 2. The highest BCUT2D eigenvalue weighted by atomic mass is 32.2. The average Bonchev–Trinajstić information content (AvgIpc) is 3.04. The van der Waals surface area contributed by atoms with Crippen LogP contribution in [0.1, 0.15) is 6.92 Å². The normalized spacial score (nSPS) is 12.4. The molecular formula is C19H15N3O2S. The summed E-state index contributed by atoms with van der Waals surface area (Å²) in [6.07, 6.45) is 1.74. The number of nitrogens with one attached hydrogen (secondary N) is 1. The van der Waals surface area contributed by atoms with Gasteiger partial charge in [-0.05, 0) is 43.3 Å². The number of thioether (sulfide) groups is 1. The van der Waals surface area contributed by atoms with Crippen molar-refractivity contribution in [3.63, 3.8) is 0 Å². The molecule has 0 aliphatic heterocycles. The van der Waals surface area contributed by atoms with E-state index in [1.807, 2.05) is 61.5 Å². The molecule has 5 nitrogen and oxygen atoms in total. The van der Waals surface area contributed by atoms with E-state index in [1.165, 1.54) is 11.8 Å². The van der Waals surface area contributed by atoms with E-state index in [1.54, 1.807) is 6.20 Å². The van der Waals surface area contributed by atoms with Gasteiger partial charge in [0.2, 0.25) is 5.91 Å². The Morgan fingerprint density at radius 1 is 1.08 bits per heavy atom. The van der Waals surface area contributed by atoms with E-state index in [9.17, 15) is 4.79 Å². The van der Waals surface area contributed by atoms with E-state index >= 15 is 0 Å². The summed E-state index contributed by atoms with van der Waals surface area (Å²) in [6.45, 7) is 1.83. The summed E-state index contributed by atoms with van der Waals surface area (Å²) >= 11 is 1.30. The molecule has 1 atom stereocenters. The number of anilines is 1. The summed E-state index contributed by atoms with van der Waals surface area (Å²) in [4.78, 5) is 21.3. The SMILES string of the molecule is CC(Sc1nc2ccccc2o1)C(=O)Nc1cccc2ncccc12. The predicted octanol–water partition coefficient (Wildman–Crippen LogP) is 4.50. The monoisotopic (exact) mass is 349 g/mol. The molecule has 1 unspecified atom stereocenters. The van der Waals surface area contributed by atoms with Crippen molar-refractivity contribution < 1.29 is 9.21 Å². The zero-order valence-electron chi connectivity index (χ0n) is 13.5. The number of nitrogens with zero attached hydrogens (tertiary/aromatic N) is 2. The lowest BCUT2D eigenvalue weighted by atomic mass is 10.2. The van der Waals surface area contributed by atoms with Gasteiger partial charge in [0.1, 0.15) is 5.52 Å². The fourth-order valence-electron chi connectivity index (χ4n) is 2.55. The Morgan fingerprint density at radius 2 is 1.92 bits per heavy atom. The lowest BCUT2D eigenvalue weighted by Crippen LogP contribution is -2.22. The van der Waals surface area contributed by atoms with E-state index < -0.39 is 0 Å². The molecule has 0 saturated carbocycles. The van der Waals surface area contributed by atoms with Crippen molar-refractivity contribution >= 4 is 45.4 Å². The number of amides is 1. The van der Waals surface area contributed by atoms with Crippen molar-refractivity contribution in [1.82, 2.24) is 9.97 Å². The van der Waals surface area contributed by atoms with Gasteiger partial charge >= 0.3 is 0 Å². The van der Waals surface area contributed by atoms with Gasteiger partial charge in [-0.1, -0.05) is 30.0 Å². The number of pyridine rings is 1. The molecule has 0 aliphatic carbocycles. The maximum atomic E-state index is 12.6. The summed E-state index contributed by atoms with van der Waals surface area (Å²) < 4.78 is 5.67. The molecule has 4 rings (SSSR count). The van der Waals surface area contributed by atoms with Gasteiger partial charge < -0.3 is 9.73 Å². The smallest absolute Gasteiger partial charge is 0.257 e. The Bertz CT molecular complexity index is 1020. The molecule has 2 aromatic heterocycles. The van der Waals surface area contributed by atoms with Crippen molar-refractivity contribution in [1.29, 1.82) is 0 Å². The van der Waals surface area contributed by atoms with E-state index in [0.29, 0.717) is 5.22 Å². The Hall–Kier alpha value is -2.86. The van der Waals surface area contributed by atoms with Gasteiger partial charge in [-0.25, -0.2) is 4.98 Å². The van der Waals surface area contributed by atoms with Crippen LogP contribution >= 0.6 is 11.8 Å². The molecule has 4 aromatic rings. The first-order valence-corrected chi connectivity index (χ1v) is 8.75. The van der Waals surface area contributed by atoms with Crippen LogP contribution in [-0.4, -0.2) is 21.1 Å². The standard InChI is InChI=1S/C19H15N3O2S/c1-12(25-19-22-16-7-2-3-10-17(16)24-19)18(23)21-15-9-4-8-14-13(15)6-5-11-20-14/h2-12H,1H3,(H,21,23). The minimum Gasteiger partial charge on any atom is -0.431 e. The Labute approximate surface area is 148 Å². The molecule has 1 N–H and O–H groups in total. The van der Waals surface area contributed by atoms with Crippen molar-refractivity contribution in [3.8, 4) is 0 Å². The lowest BCUT2D eigenvalue weighted by molar-refractivity contribution is -0.115. The molecule has 25 heavy (non-hydrogen) atoms. The summed E-state index contributed by atoms with van der Waals surface area (Å²) in [5.41, 5.74) is 3.11. The third kappa shape index (κ3) is 3.21. The summed E-state index contributed by atoms with van der Waals surface area (Å²) in [6, 6.07) is 17.0. The first kappa shape index (κ1) is 15.7. The van der Waals surface area contributed by atoms with Crippen LogP contribution in [-0.2, 0) is 4.79 Å². The largest absolute Gasteiger partial charge is 0.431 e. The molecule has 1 amide bonds. The Morgan fingerprint density at radius 3 is 2.80 bits per heavy atom. The molecule has 124 valence electrons. The number of carbonyl (C=O) groups is 1. The van der Waals surface area contributed by atoms with Gasteiger partial charge in [0, 0.05) is 11.6 Å². The molecular weight excluding hydrogens is 334 g/mol. The molecule has 0 radical (unpaired) electrons. The summed E-state index contributed by atoms with van der Waals surface area (Å²) in [7, 11) is 0. The maximum absolute atomic E-state index is 12.6. The van der Waals surface area contributed by atoms with Gasteiger partial charge in [-0.15, -0.1) is 0 Å². The van der Waals surface area contributed by atoms with Gasteiger partial charge in [-0.2, -0.15) is 0 Å². The zero-order valence-corrected chi connectivity index (χ0v) is 14.3. The van der Waals surface area contributed by atoms with Crippen LogP contribution in [0, 0.1) is 0 Å². The zero-order chi connectivity index (χ0) is 17.2. The molecule has 0 fully saturated rings. The first-order valence-electron chi connectivity index (χ1n) is 7.87. The van der Waals surface area contributed by atoms with Crippen LogP contribution in [0.25, 0.3) is 22.0 Å². The second-order valence-corrected chi connectivity index (χ2v) is 6.86. The number of benzene rings is 2. The third-order valence-electron chi connectivity index (χ3n) is 3.82. The molecule has 6 heteroatoms. The number of rotatable bonds is 4. The van der Waals surface area contributed by atoms with Crippen LogP contribution in [0.5, 0.6) is 0 Å². The van der Waals surface area contributed by atoms with Crippen molar-refractivity contribution in [2.75, 3.05) is 5.32 Å². The van der Waals surface area contributed by atoms with Gasteiger partial charge in [0.15, 0.2) is 5.58 Å². The van der Waals surface area contributed by atoms with E-state index in [-0.39, 0.29) is 11.2 Å². The van der Waals surface area contributed by atoms with Gasteiger partial charge in [0.25, 0.3) is 5.22 Å². The molecule has 0 saturated heterocycles. The second-order valence-electron chi connectivity index (χ2n) is 5.57. The number of para-hydroxylation sites is 2. The van der Waals surface area contributed by atoms with Crippen molar-refractivity contribution in [2.45, 2.75) is 17.4 Å². The number of fused-ring (bicyclic) bond motifs is 2. The van der Waals surface area contributed by atoms with E-state index in [4.69, 9.17) is 4.42 Å². The van der Waals surface area contributed by atoms with Crippen molar-refractivity contribution in [3.05, 3.63) is 60.8 Å². The van der Waals surface area contributed by atoms with E-state index in [0.717, 1.165) is 27.7 Å². The topological polar surface area (TPSA) is 68.0 Å². The lowest BCUT2D eigenvalue weighted by Gasteiger charge is -2.11. The second kappa shape index (κ2) is 6.57. The van der Waals surface area contributed by atoms with Gasteiger partial charge in [-0.3, -0.25) is 9.78 Å². The van der Waals surface area contributed by atoms with Gasteiger partial charge in [0.05, 0.1) is 16.5 Å². The number of carbonyl (C=O) groups excluding carboxylic acids is 1. The number of oxazole rings is 1. The highest BCUT2D eigenvalue weighted by Gasteiger charge is 2.18. The molecule has 0 aliphatic rings. The van der Waals surface area contributed by atoms with Crippen LogP contribution < -0.4 is 5.32 Å². The fourth-order valence-corrected chi connectivity index (χ4v) is 3.31. The van der Waals surface area contributed by atoms with Crippen LogP contribution in [0.4, 0.5) is 5.69 Å². The first-order chi connectivity index (χ1) is 12.2. The Kier molecular flexibility index (Phi) is 4.11. The number of hydrogen-bond donors (Lipinski definition) is 1. The summed E-state index contributed by atoms with van der Waals surface area (Å²) in [5, 5.41) is 4.03. The number of hydrogen-bond acceptors (Lipinski definition) is 5. The Balaban J connectivity index is 1.52. The average molecular weight is 349 g/mol. The molecule has 2 heterocycles. The molecule has 2 aromatic carbocycles. The maximum Gasteiger partial charge on any atom is 0.257 e. The van der Waals surface area contributed by atoms with Crippen LogP contribution in [0.3, 0.4) is 0 Å². The highest BCUT2D eigenvalue weighted by Crippen LogP contribution is 2.28. The minimum absolute atomic E-state index is 0.108. The quantitative estimate of drug-likeness (QED) is 0.550. The molecule has 0 spiro atoms. The highest BCUT2D eigenvalue weighted by molar-refractivity contribution is 8.00. The minimum atomic E-state index is -0.347. The summed E-state index contributed by atoms with van der Waals surface area (Å²) in [5.74, 6) is -0.108. The van der Waals surface area contributed by atoms with E-state index in [2.05, 4.69) is 15.3 Å². The fraction of sp³-hybridized carbons (Fsp3) is 0.105. The van der Waals surface area contributed by atoms with Crippen LogP contribution in [0.2, 0.25) is 0 Å². The van der Waals surface area contributed by atoms with Crippen molar-refractivity contribution in [2.24, 2.45) is 0 Å². The predicted molar refractivity (Wildman–Crippen MR) is 99.7 cm³/mol. The molecule has 0 bridgehead atoms. The third-order valence-corrected chi connectivity index (χ3v) is 4.77. The van der Waals surface area contributed by atoms with Crippen LogP contribution in [0.15, 0.2) is 70.4 Å².